The molecule has 0 saturated carbocycles. The molecule has 2 heterocycles. The molecule has 0 aliphatic heterocycles. The number of fused-ring (bicyclic) bond motifs is 1. The van der Waals surface area contributed by atoms with Gasteiger partial charge in [0, 0.05) is 16.8 Å². The van der Waals surface area contributed by atoms with Crippen LogP contribution in [0.25, 0.3) is 11.0 Å². The van der Waals surface area contributed by atoms with E-state index < -0.39 is 11.5 Å². The maximum absolute atomic E-state index is 12.1. The lowest BCUT2D eigenvalue weighted by atomic mass is 10.2. The third-order valence-corrected chi connectivity index (χ3v) is 4.06. The van der Waals surface area contributed by atoms with Crippen molar-refractivity contribution in [3.05, 3.63) is 68.7 Å². The van der Waals surface area contributed by atoms with Crippen LogP contribution >= 0.6 is 11.3 Å². The van der Waals surface area contributed by atoms with Crippen LogP contribution in [0, 0.1) is 0 Å². The molecule has 21 heavy (non-hydrogen) atoms. The van der Waals surface area contributed by atoms with Crippen LogP contribution in [0.5, 0.6) is 0 Å². The Kier molecular flexibility index (Phi) is 3.83. The molecule has 0 spiro atoms. The molecule has 0 aliphatic rings. The first-order chi connectivity index (χ1) is 10.2. The maximum Gasteiger partial charge on any atom is 0.349 e. The predicted molar refractivity (Wildman–Crippen MR) is 82.8 cm³/mol. The van der Waals surface area contributed by atoms with Crippen LogP contribution in [0.2, 0.25) is 0 Å². The molecule has 2 aromatic heterocycles. The largest absolute Gasteiger partial charge is 0.422 e. The number of carbonyl (C=O) groups excluding carboxylic acids is 1. The lowest BCUT2D eigenvalue weighted by Gasteiger charge is -2.04. The molecule has 4 nitrogen and oxygen atoms in total. The Bertz CT molecular complexity index is 821. The molecule has 3 rings (SSSR count). The predicted octanol–water partition coefficient (Wildman–Crippen LogP) is 2.83. The number of rotatable bonds is 4. The Morgan fingerprint density at radius 1 is 1.19 bits per heavy atom. The number of carbonyl (C=O) groups is 1. The molecular formula is C16H13NO3S. The summed E-state index contributed by atoms with van der Waals surface area (Å²) >= 11 is 1.64. The number of thiophene rings is 1. The fourth-order valence-electron chi connectivity index (χ4n) is 2.07. The van der Waals surface area contributed by atoms with Crippen molar-refractivity contribution in [2.45, 2.75) is 6.42 Å². The molecule has 3 aromatic rings. The summed E-state index contributed by atoms with van der Waals surface area (Å²) in [5.74, 6) is -0.397. The molecular weight excluding hydrogens is 286 g/mol. The van der Waals surface area contributed by atoms with E-state index in [-0.39, 0.29) is 5.56 Å². The van der Waals surface area contributed by atoms with Crippen molar-refractivity contribution in [1.82, 2.24) is 5.32 Å². The number of nitrogens with one attached hydrogen (secondary N) is 1. The van der Waals surface area contributed by atoms with Gasteiger partial charge >= 0.3 is 5.63 Å². The molecule has 0 bridgehead atoms. The van der Waals surface area contributed by atoms with Crippen LogP contribution in [0.1, 0.15) is 15.2 Å². The summed E-state index contributed by atoms with van der Waals surface area (Å²) in [6.45, 7) is 0.492. The number of para-hydroxylation sites is 1. The van der Waals surface area contributed by atoms with Crippen molar-refractivity contribution in [1.29, 1.82) is 0 Å². The van der Waals surface area contributed by atoms with E-state index in [1.165, 1.54) is 4.88 Å². The van der Waals surface area contributed by atoms with Gasteiger partial charge in [0.25, 0.3) is 5.91 Å². The highest BCUT2D eigenvalue weighted by Gasteiger charge is 2.13. The van der Waals surface area contributed by atoms with E-state index in [4.69, 9.17) is 4.42 Å². The summed E-state index contributed by atoms with van der Waals surface area (Å²) in [7, 11) is 0. The van der Waals surface area contributed by atoms with Crippen LogP contribution in [-0.4, -0.2) is 12.5 Å². The van der Waals surface area contributed by atoms with Gasteiger partial charge in [-0.05, 0) is 30.0 Å². The third kappa shape index (κ3) is 3.03. The highest BCUT2D eigenvalue weighted by atomic mass is 32.1. The van der Waals surface area contributed by atoms with Crippen LogP contribution in [0.15, 0.2) is 57.1 Å². The van der Waals surface area contributed by atoms with Crippen molar-refractivity contribution >= 4 is 28.2 Å². The molecule has 5 heteroatoms. The lowest BCUT2D eigenvalue weighted by molar-refractivity contribution is 0.0950. The first-order valence-corrected chi connectivity index (χ1v) is 7.45. The average molecular weight is 299 g/mol. The van der Waals surface area contributed by atoms with Crippen LogP contribution in [0.3, 0.4) is 0 Å². The minimum atomic E-state index is -0.609. The van der Waals surface area contributed by atoms with Crippen LogP contribution < -0.4 is 10.9 Å². The Morgan fingerprint density at radius 3 is 2.86 bits per heavy atom. The summed E-state index contributed by atoms with van der Waals surface area (Å²) in [6, 6.07) is 12.7. The van der Waals surface area contributed by atoms with Gasteiger partial charge in [-0.15, -0.1) is 11.3 Å². The second-order valence-electron chi connectivity index (χ2n) is 4.57. The zero-order chi connectivity index (χ0) is 14.7. The van der Waals surface area contributed by atoms with E-state index in [2.05, 4.69) is 5.32 Å². The van der Waals surface area contributed by atoms with Crippen molar-refractivity contribution < 1.29 is 9.21 Å². The molecule has 0 fully saturated rings. The first-order valence-electron chi connectivity index (χ1n) is 6.57. The standard InChI is InChI=1S/C16H13NO3S/c18-15(17-8-7-12-5-3-9-21-12)13-10-11-4-1-2-6-14(11)20-16(13)19/h1-6,9-10H,7-8H2,(H,17,18). The zero-order valence-electron chi connectivity index (χ0n) is 11.2. The highest BCUT2D eigenvalue weighted by molar-refractivity contribution is 7.09. The molecule has 0 radical (unpaired) electrons. The van der Waals surface area contributed by atoms with Gasteiger partial charge in [0.15, 0.2) is 0 Å². The van der Waals surface area contributed by atoms with E-state index in [9.17, 15) is 9.59 Å². The Hall–Kier alpha value is -2.40. The Morgan fingerprint density at radius 2 is 2.05 bits per heavy atom. The topological polar surface area (TPSA) is 59.3 Å². The van der Waals surface area contributed by atoms with Gasteiger partial charge in [-0.3, -0.25) is 4.79 Å². The monoisotopic (exact) mass is 299 g/mol. The summed E-state index contributed by atoms with van der Waals surface area (Å²) in [4.78, 5) is 25.1. The van der Waals surface area contributed by atoms with Gasteiger partial charge in [-0.1, -0.05) is 24.3 Å². The molecule has 106 valence electrons. The number of amides is 1. The van der Waals surface area contributed by atoms with Crippen LogP contribution in [-0.2, 0) is 6.42 Å². The molecule has 0 unspecified atom stereocenters. The Labute approximate surface area is 125 Å². The van der Waals surface area contributed by atoms with Crippen molar-refractivity contribution in [3.63, 3.8) is 0 Å². The number of hydrogen-bond donors (Lipinski definition) is 1. The molecule has 1 amide bonds. The summed E-state index contributed by atoms with van der Waals surface area (Å²) in [5.41, 5.74) is -0.0835. The van der Waals surface area contributed by atoms with E-state index in [1.54, 1.807) is 35.6 Å². The third-order valence-electron chi connectivity index (χ3n) is 3.12. The van der Waals surface area contributed by atoms with Gasteiger partial charge in [-0.25, -0.2) is 4.79 Å². The summed E-state index contributed by atoms with van der Waals surface area (Å²) in [6.07, 6.45) is 0.752. The second-order valence-corrected chi connectivity index (χ2v) is 5.60. The van der Waals surface area contributed by atoms with Gasteiger partial charge in [0.2, 0.25) is 0 Å². The van der Waals surface area contributed by atoms with Crippen LogP contribution in [0.4, 0.5) is 0 Å². The van der Waals surface area contributed by atoms with E-state index >= 15 is 0 Å². The quantitative estimate of drug-likeness (QED) is 0.754. The van der Waals surface area contributed by atoms with Crippen molar-refractivity contribution in [2.75, 3.05) is 6.54 Å². The fraction of sp³-hybridized carbons (Fsp3) is 0.125. The van der Waals surface area contributed by atoms with Gasteiger partial charge < -0.3 is 9.73 Å². The lowest BCUT2D eigenvalue weighted by Crippen LogP contribution is -2.29. The molecule has 1 aromatic carbocycles. The Balaban J connectivity index is 1.75. The maximum atomic E-state index is 12.1. The minimum Gasteiger partial charge on any atom is -0.422 e. The minimum absolute atomic E-state index is 0.0416. The second kappa shape index (κ2) is 5.93. The van der Waals surface area contributed by atoms with E-state index in [0.29, 0.717) is 12.1 Å². The molecule has 0 atom stereocenters. The summed E-state index contributed by atoms with van der Waals surface area (Å²) in [5, 5.41) is 5.48. The average Bonchev–Trinajstić information content (AvgIpc) is 2.99. The molecule has 1 N–H and O–H groups in total. The zero-order valence-corrected chi connectivity index (χ0v) is 12.0. The van der Waals surface area contributed by atoms with Gasteiger partial charge in [0.1, 0.15) is 11.1 Å². The van der Waals surface area contributed by atoms with E-state index in [0.717, 1.165) is 11.8 Å². The van der Waals surface area contributed by atoms with Crippen molar-refractivity contribution in [2.24, 2.45) is 0 Å². The van der Waals surface area contributed by atoms with Gasteiger partial charge in [-0.2, -0.15) is 0 Å². The smallest absolute Gasteiger partial charge is 0.349 e. The number of hydrogen-bond acceptors (Lipinski definition) is 4. The fourth-order valence-corrected chi connectivity index (χ4v) is 2.78. The highest BCUT2D eigenvalue weighted by Crippen LogP contribution is 2.12. The van der Waals surface area contributed by atoms with Crippen molar-refractivity contribution in [3.8, 4) is 0 Å². The number of benzene rings is 1. The molecule has 0 aliphatic carbocycles. The SMILES string of the molecule is O=C(NCCc1cccs1)c1cc2ccccc2oc1=O. The normalized spacial score (nSPS) is 10.7. The van der Waals surface area contributed by atoms with E-state index in [1.807, 2.05) is 23.6 Å². The molecule has 0 saturated heterocycles. The van der Waals surface area contributed by atoms with Gasteiger partial charge in [0.05, 0.1) is 0 Å². The summed E-state index contributed by atoms with van der Waals surface area (Å²) < 4.78 is 5.15. The first kappa shape index (κ1) is 13.6.